The normalized spacial score (nSPS) is 12.6. The number of aromatic amines is 1. The van der Waals surface area contributed by atoms with Crippen molar-refractivity contribution in [2.45, 2.75) is 19.5 Å². The fraction of sp³-hybridized carbons (Fsp3) is 0.278. The van der Waals surface area contributed by atoms with E-state index in [4.69, 9.17) is 10.5 Å². The molecular formula is C18H22N4O. The number of pyridine rings is 1. The van der Waals surface area contributed by atoms with Crippen LogP contribution in [-0.4, -0.2) is 29.7 Å². The first kappa shape index (κ1) is 15.5. The van der Waals surface area contributed by atoms with Gasteiger partial charge in [-0.25, -0.2) is 4.98 Å². The average Bonchev–Trinajstić information content (AvgIpc) is 3.01. The molecule has 0 saturated carbocycles. The van der Waals surface area contributed by atoms with E-state index in [0.29, 0.717) is 18.5 Å². The largest absolute Gasteiger partial charge is 0.384 e. The predicted molar refractivity (Wildman–Crippen MR) is 94.1 cm³/mol. The minimum absolute atomic E-state index is 0.316. The van der Waals surface area contributed by atoms with Crippen molar-refractivity contribution in [3.8, 4) is 11.1 Å². The van der Waals surface area contributed by atoms with Crippen molar-refractivity contribution in [1.82, 2.24) is 15.3 Å². The van der Waals surface area contributed by atoms with Gasteiger partial charge in [-0.3, -0.25) is 0 Å². The number of fused-ring (bicyclic) bond motifs is 1. The van der Waals surface area contributed by atoms with Gasteiger partial charge in [0.15, 0.2) is 0 Å². The zero-order valence-corrected chi connectivity index (χ0v) is 13.5. The van der Waals surface area contributed by atoms with Crippen molar-refractivity contribution in [3.05, 3.63) is 48.2 Å². The van der Waals surface area contributed by atoms with Crippen LogP contribution in [0.25, 0.3) is 22.2 Å². The molecule has 0 amide bonds. The standard InChI is InChI=1S/C18H22N4O/c1-12(11-23-2)21-10-13-4-3-5-14(8-13)16-9-17(19)22-18-15(16)6-7-20-18/h3-9,12,21H,10-11H2,1-2H3,(H3,19,20,22)/t12-/m1/s1. The Bertz CT molecular complexity index is 797. The number of nitrogens with zero attached hydrogens (tertiary/aromatic N) is 1. The molecule has 3 aromatic rings. The summed E-state index contributed by atoms with van der Waals surface area (Å²) in [7, 11) is 1.72. The molecule has 2 heterocycles. The van der Waals surface area contributed by atoms with E-state index in [1.165, 1.54) is 5.56 Å². The maximum Gasteiger partial charge on any atom is 0.140 e. The molecule has 1 atom stereocenters. The predicted octanol–water partition coefficient (Wildman–Crippen LogP) is 2.94. The van der Waals surface area contributed by atoms with Crippen molar-refractivity contribution in [1.29, 1.82) is 0 Å². The van der Waals surface area contributed by atoms with Gasteiger partial charge in [-0.1, -0.05) is 18.2 Å². The highest BCUT2D eigenvalue weighted by Crippen LogP contribution is 2.29. The van der Waals surface area contributed by atoms with Crippen LogP contribution in [0.4, 0.5) is 5.82 Å². The first-order chi connectivity index (χ1) is 11.2. The molecule has 0 bridgehead atoms. The highest BCUT2D eigenvalue weighted by atomic mass is 16.5. The van der Waals surface area contributed by atoms with Gasteiger partial charge in [0.05, 0.1) is 6.61 Å². The van der Waals surface area contributed by atoms with E-state index in [1.54, 1.807) is 7.11 Å². The summed E-state index contributed by atoms with van der Waals surface area (Å²) in [4.78, 5) is 7.44. The lowest BCUT2D eigenvalue weighted by molar-refractivity contribution is 0.171. The van der Waals surface area contributed by atoms with Crippen LogP contribution in [0.1, 0.15) is 12.5 Å². The second-order valence-corrected chi connectivity index (χ2v) is 5.77. The number of H-pyrrole nitrogens is 1. The number of aromatic nitrogens is 2. The summed E-state index contributed by atoms with van der Waals surface area (Å²) >= 11 is 0. The van der Waals surface area contributed by atoms with E-state index in [0.717, 1.165) is 28.7 Å². The lowest BCUT2D eigenvalue weighted by Gasteiger charge is -2.13. The fourth-order valence-electron chi connectivity index (χ4n) is 2.75. The van der Waals surface area contributed by atoms with Crippen molar-refractivity contribution < 1.29 is 4.74 Å². The maximum atomic E-state index is 5.93. The van der Waals surface area contributed by atoms with Crippen LogP contribution < -0.4 is 11.1 Å². The molecule has 120 valence electrons. The third-order valence-corrected chi connectivity index (χ3v) is 3.86. The molecule has 0 aliphatic rings. The number of ether oxygens (including phenoxy) is 1. The Balaban J connectivity index is 1.88. The van der Waals surface area contributed by atoms with Crippen molar-refractivity contribution >= 4 is 16.9 Å². The number of nitrogens with one attached hydrogen (secondary N) is 2. The summed E-state index contributed by atoms with van der Waals surface area (Å²) in [6, 6.07) is 12.8. The van der Waals surface area contributed by atoms with Crippen molar-refractivity contribution in [3.63, 3.8) is 0 Å². The lowest BCUT2D eigenvalue weighted by Crippen LogP contribution is -2.29. The molecular weight excluding hydrogens is 288 g/mol. The maximum absolute atomic E-state index is 5.93. The van der Waals surface area contributed by atoms with Gasteiger partial charge in [-0.2, -0.15) is 0 Å². The van der Waals surface area contributed by atoms with E-state index in [-0.39, 0.29) is 0 Å². The third-order valence-electron chi connectivity index (χ3n) is 3.86. The van der Waals surface area contributed by atoms with Crippen molar-refractivity contribution in [2.75, 3.05) is 19.5 Å². The molecule has 2 aromatic heterocycles. The number of nitrogen functional groups attached to an aromatic ring is 1. The van der Waals surface area contributed by atoms with Gasteiger partial charge in [0.25, 0.3) is 0 Å². The monoisotopic (exact) mass is 310 g/mol. The quantitative estimate of drug-likeness (QED) is 0.654. The first-order valence-electron chi connectivity index (χ1n) is 7.72. The molecule has 1 aromatic carbocycles. The molecule has 23 heavy (non-hydrogen) atoms. The zero-order chi connectivity index (χ0) is 16.2. The Morgan fingerprint density at radius 1 is 1.30 bits per heavy atom. The molecule has 0 spiro atoms. The summed E-state index contributed by atoms with van der Waals surface area (Å²) in [6.07, 6.45) is 1.89. The van der Waals surface area contributed by atoms with Gasteiger partial charge in [-0.15, -0.1) is 0 Å². The summed E-state index contributed by atoms with van der Waals surface area (Å²) in [6.45, 7) is 3.61. The van der Waals surface area contributed by atoms with E-state index in [9.17, 15) is 0 Å². The minimum atomic E-state index is 0.316. The van der Waals surface area contributed by atoms with Crippen LogP contribution in [0.15, 0.2) is 42.6 Å². The van der Waals surface area contributed by atoms with Gasteiger partial charge in [-0.05, 0) is 41.8 Å². The Kier molecular flexibility index (Phi) is 4.60. The van der Waals surface area contributed by atoms with E-state index < -0.39 is 0 Å². The van der Waals surface area contributed by atoms with Gasteiger partial charge in [0.1, 0.15) is 11.5 Å². The van der Waals surface area contributed by atoms with Gasteiger partial charge < -0.3 is 20.8 Å². The number of hydrogen-bond acceptors (Lipinski definition) is 4. The SMILES string of the molecule is COC[C@@H](C)NCc1cccc(-c2cc(N)nc3[nH]ccc23)c1. The molecule has 5 nitrogen and oxygen atoms in total. The average molecular weight is 310 g/mol. The van der Waals surface area contributed by atoms with Crippen molar-refractivity contribution in [2.24, 2.45) is 0 Å². The first-order valence-corrected chi connectivity index (χ1v) is 7.72. The van der Waals surface area contributed by atoms with E-state index in [1.807, 2.05) is 18.3 Å². The number of nitrogens with two attached hydrogens (primary N) is 1. The molecule has 3 rings (SSSR count). The van der Waals surface area contributed by atoms with Crippen LogP contribution in [0.3, 0.4) is 0 Å². The van der Waals surface area contributed by atoms with Gasteiger partial charge >= 0.3 is 0 Å². The molecule has 0 radical (unpaired) electrons. The molecule has 5 heteroatoms. The van der Waals surface area contributed by atoms with Crippen LogP contribution in [0, 0.1) is 0 Å². The Labute approximate surface area is 135 Å². The molecule has 4 N–H and O–H groups in total. The number of anilines is 1. The molecule has 0 fully saturated rings. The summed E-state index contributed by atoms with van der Waals surface area (Å²) in [5.41, 5.74) is 10.2. The number of benzene rings is 1. The highest BCUT2D eigenvalue weighted by Gasteiger charge is 2.08. The number of rotatable bonds is 6. The van der Waals surface area contributed by atoms with Crippen LogP contribution in [-0.2, 0) is 11.3 Å². The zero-order valence-electron chi connectivity index (χ0n) is 13.5. The highest BCUT2D eigenvalue weighted by molar-refractivity contribution is 5.94. The van der Waals surface area contributed by atoms with Crippen LogP contribution in [0.5, 0.6) is 0 Å². The second-order valence-electron chi connectivity index (χ2n) is 5.77. The topological polar surface area (TPSA) is 76.0 Å². The Morgan fingerprint density at radius 2 is 2.17 bits per heavy atom. The third kappa shape index (κ3) is 3.52. The molecule has 0 aliphatic heterocycles. The van der Waals surface area contributed by atoms with Gasteiger partial charge in [0, 0.05) is 31.3 Å². The van der Waals surface area contributed by atoms with Crippen LogP contribution >= 0.6 is 0 Å². The smallest absolute Gasteiger partial charge is 0.140 e. The number of hydrogen-bond donors (Lipinski definition) is 3. The van der Waals surface area contributed by atoms with E-state index >= 15 is 0 Å². The Morgan fingerprint density at radius 3 is 3.00 bits per heavy atom. The molecule has 0 saturated heterocycles. The molecule has 0 aliphatic carbocycles. The lowest BCUT2D eigenvalue weighted by atomic mass is 10.0. The summed E-state index contributed by atoms with van der Waals surface area (Å²) < 4.78 is 5.15. The molecule has 0 unspecified atom stereocenters. The second kappa shape index (κ2) is 6.81. The summed E-state index contributed by atoms with van der Waals surface area (Å²) in [5, 5.41) is 4.53. The Hall–Kier alpha value is -2.37. The van der Waals surface area contributed by atoms with Crippen LogP contribution in [0.2, 0.25) is 0 Å². The number of methoxy groups -OCH3 is 1. The van der Waals surface area contributed by atoms with E-state index in [2.05, 4.69) is 46.5 Å². The van der Waals surface area contributed by atoms with Gasteiger partial charge in [0.2, 0.25) is 0 Å². The fourth-order valence-corrected chi connectivity index (χ4v) is 2.75. The summed E-state index contributed by atoms with van der Waals surface area (Å²) in [5.74, 6) is 0.521. The minimum Gasteiger partial charge on any atom is -0.384 e.